The molecule has 3 aromatic rings. The third-order valence-corrected chi connectivity index (χ3v) is 6.04. The van der Waals surface area contributed by atoms with Gasteiger partial charge in [-0.05, 0) is 55.7 Å². The number of aromatic nitrogens is 2. The minimum Gasteiger partial charge on any atom is -0.320 e. The summed E-state index contributed by atoms with van der Waals surface area (Å²) in [6.45, 7) is 2.61. The second kappa shape index (κ2) is 8.81. The first kappa shape index (κ1) is 20.3. The van der Waals surface area contributed by atoms with Gasteiger partial charge in [0.25, 0.3) is 5.91 Å². The normalized spacial score (nSPS) is 15.8. The van der Waals surface area contributed by atoms with E-state index in [0.29, 0.717) is 22.3 Å². The van der Waals surface area contributed by atoms with Crippen LogP contribution in [0.1, 0.15) is 39.3 Å². The van der Waals surface area contributed by atoms with Gasteiger partial charge in [0.1, 0.15) is 5.01 Å². The predicted molar refractivity (Wildman–Crippen MR) is 118 cm³/mol. The molecule has 1 aromatic heterocycles. The lowest BCUT2D eigenvalue weighted by Crippen LogP contribution is -2.34. The van der Waals surface area contributed by atoms with Crippen LogP contribution in [0.5, 0.6) is 0 Å². The number of benzene rings is 2. The summed E-state index contributed by atoms with van der Waals surface area (Å²) in [6.07, 6.45) is 1.65. The Morgan fingerprint density at radius 1 is 1.10 bits per heavy atom. The van der Waals surface area contributed by atoms with E-state index >= 15 is 0 Å². The molecule has 0 unspecified atom stereocenters. The van der Waals surface area contributed by atoms with E-state index in [9.17, 15) is 9.59 Å². The van der Waals surface area contributed by atoms with Crippen molar-refractivity contribution in [1.29, 1.82) is 0 Å². The highest BCUT2D eigenvalue weighted by molar-refractivity contribution is 7.13. The van der Waals surface area contributed by atoms with Gasteiger partial charge in [-0.15, -0.1) is 10.2 Å². The molecule has 9 heteroatoms. The summed E-state index contributed by atoms with van der Waals surface area (Å²) in [7, 11) is 0. The van der Waals surface area contributed by atoms with Gasteiger partial charge in [0.2, 0.25) is 5.01 Å². The van der Waals surface area contributed by atoms with Crippen LogP contribution < -0.4 is 10.6 Å². The molecule has 2 N–H and O–H groups in total. The summed E-state index contributed by atoms with van der Waals surface area (Å²) in [6, 6.07) is 14.2. The predicted octanol–water partition coefficient (Wildman–Crippen LogP) is 5.12. The van der Waals surface area contributed by atoms with Gasteiger partial charge in [-0.1, -0.05) is 41.1 Å². The molecule has 1 atom stereocenters. The highest BCUT2D eigenvalue weighted by Crippen LogP contribution is 2.34. The quantitative estimate of drug-likeness (QED) is 0.588. The number of nitrogens with one attached hydrogen (secondary N) is 2. The van der Waals surface area contributed by atoms with E-state index in [0.717, 1.165) is 24.1 Å². The summed E-state index contributed by atoms with van der Waals surface area (Å²) in [5, 5.41) is 15.4. The van der Waals surface area contributed by atoms with Gasteiger partial charge >= 0.3 is 6.03 Å². The van der Waals surface area contributed by atoms with Crippen molar-refractivity contribution in [2.24, 2.45) is 0 Å². The fourth-order valence-corrected chi connectivity index (χ4v) is 4.47. The van der Waals surface area contributed by atoms with Crippen molar-refractivity contribution < 1.29 is 9.59 Å². The van der Waals surface area contributed by atoms with E-state index in [4.69, 9.17) is 11.6 Å². The zero-order valence-corrected chi connectivity index (χ0v) is 17.8. The number of nitrogens with zero attached hydrogens (tertiary/aromatic N) is 3. The van der Waals surface area contributed by atoms with Gasteiger partial charge in [0, 0.05) is 22.9 Å². The summed E-state index contributed by atoms with van der Waals surface area (Å²) < 4.78 is 0. The number of carbonyl (C=O) groups excluding carboxylic acids is 2. The number of hydrogen-bond acceptors (Lipinski definition) is 5. The molecule has 2 heterocycles. The number of halogens is 1. The number of rotatable bonds is 4. The van der Waals surface area contributed by atoms with Crippen LogP contribution in [-0.4, -0.2) is 33.6 Å². The van der Waals surface area contributed by atoms with Crippen molar-refractivity contribution in [2.75, 3.05) is 17.2 Å². The van der Waals surface area contributed by atoms with Crippen LogP contribution in [0.4, 0.5) is 16.2 Å². The van der Waals surface area contributed by atoms with E-state index < -0.39 is 0 Å². The molecule has 154 valence electrons. The van der Waals surface area contributed by atoms with Crippen molar-refractivity contribution in [1.82, 2.24) is 15.1 Å². The highest BCUT2D eigenvalue weighted by Gasteiger charge is 2.33. The average Bonchev–Trinajstić information content (AvgIpc) is 3.37. The van der Waals surface area contributed by atoms with Crippen LogP contribution >= 0.6 is 22.9 Å². The van der Waals surface area contributed by atoms with Crippen LogP contribution in [-0.2, 0) is 0 Å². The SMILES string of the molecule is Cc1cccc(NC(=O)N2CCC[C@@H]2c2nnc(C(=O)Nc3cccc(Cl)c3)s2)c1. The van der Waals surface area contributed by atoms with Gasteiger partial charge in [0.05, 0.1) is 6.04 Å². The summed E-state index contributed by atoms with van der Waals surface area (Å²) in [5.74, 6) is -0.352. The Bertz CT molecular complexity index is 1090. The molecule has 3 amide bonds. The Labute approximate surface area is 183 Å². The Kier molecular flexibility index (Phi) is 5.96. The molecule has 30 heavy (non-hydrogen) atoms. The number of carbonyl (C=O) groups is 2. The minimum absolute atomic E-state index is 0.178. The average molecular weight is 442 g/mol. The standard InChI is InChI=1S/C21H20ClN5O2S/c1-13-5-2-7-15(11-13)24-21(29)27-10-4-9-17(27)19-25-26-20(30-19)18(28)23-16-8-3-6-14(22)12-16/h2-3,5-8,11-12,17H,4,9-10H2,1H3,(H,23,28)(H,24,29)/t17-/m1/s1. The molecule has 0 saturated carbocycles. The lowest BCUT2D eigenvalue weighted by molar-refractivity contribution is 0.102. The molecule has 7 nitrogen and oxygen atoms in total. The molecular formula is C21H20ClN5O2S. The van der Waals surface area contributed by atoms with Crippen LogP contribution in [0.15, 0.2) is 48.5 Å². The van der Waals surface area contributed by atoms with Crippen molar-refractivity contribution in [2.45, 2.75) is 25.8 Å². The van der Waals surface area contributed by atoms with E-state index in [-0.39, 0.29) is 23.0 Å². The minimum atomic E-state index is -0.352. The van der Waals surface area contributed by atoms with E-state index in [1.807, 2.05) is 31.2 Å². The maximum atomic E-state index is 12.8. The van der Waals surface area contributed by atoms with Gasteiger partial charge < -0.3 is 15.5 Å². The molecular weight excluding hydrogens is 422 g/mol. The van der Waals surface area contributed by atoms with Gasteiger partial charge in [0.15, 0.2) is 0 Å². The molecule has 2 aromatic carbocycles. The van der Waals surface area contributed by atoms with Gasteiger partial charge in [-0.25, -0.2) is 4.79 Å². The second-order valence-corrected chi connectivity index (χ2v) is 8.51. The third kappa shape index (κ3) is 4.60. The third-order valence-electron chi connectivity index (χ3n) is 4.79. The van der Waals surface area contributed by atoms with Crippen molar-refractivity contribution in [3.63, 3.8) is 0 Å². The monoisotopic (exact) mass is 441 g/mol. The maximum absolute atomic E-state index is 12.8. The number of hydrogen-bond donors (Lipinski definition) is 2. The van der Waals surface area contributed by atoms with Gasteiger partial charge in [-0.3, -0.25) is 4.79 Å². The molecule has 0 bridgehead atoms. The number of likely N-dealkylation sites (tertiary alicyclic amines) is 1. The van der Waals surface area contributed by atoms with Crippen molar-refractivity contribution in [3.05, 3.63) is 69.1 Å². The molecule has 4 rings (SSSR count). The zero-order valence-electron chi connectivity index (χ0n) is 16.3. The summed E-state index contributed by atoms with van der Waals surface area (Å²) in [5.41, 5.74) is 2.42. The Balaban J connectivity index is 1.45. The lowest BCUT2D eigenvalue weighted by Gasteiger charge is -2.23. The fraction of sp³-hybridized carbons (Fsp3) is 0.238. The zero-order chi connectivity index (χ0) is 21.1. The Morgan fingerprint density at radius 2 is 1.87 bits per heavy atom. The maximum Gasteiger partial charge on any atom is 0.322 e. The van der Waals surface area contributed by atoms with Gasteiger partial charge in [-0.2, -0.15) is 0 Å². The molecule has 1 fully saturated rings. The molecule has 1 aliphatic heterocycles. The Morgan fingerprint density at radius 3 is 2.63 bits per heavy atom. The van der Waals surface area contributed by atoms with Crippen LogP contribution in [0.2, 0.25) is 5.02 Å². The highest BCUT2D eigenvalue weighted by atomic mass is 35.5. The summed E-state index contributed by atoms with van der Waals surface area (Å²) >= 11 is 7.16. The summed E-state index contributed by atoms with van der Waals surface area (Å²) in [4.78, 5) is 27.1. The first-order valence-electron chi connectivity index (χ1n) is 9.54. The lowest BCUT2D eigenvalue weighted by atomic mass is 10.2. The first-order chi connectivity index (χ1) is 14.5. The number of urea groups is 1. The number of amides is 3. The van der Waals surface area contributed by atoms with E-state index in [1.165, 1.54) is 11.3 Å². The van der Waals surface area contributed by atoms with Crippen LogP contribution in [0.3, 0.4) is 0 Å². The van der Waals surface area contributed by atoms with Crippen LogP contribution in [0.25, 0.3) is 0 Å². The van der Waals surface area contributed by atoms with Crippen molar-refractivity contribution >= 4 is 46.3 Å². The number of anilines is 2. The van der Waals surface area contributed by atoms with Crippen LogP contribution in [0, 0.1) is 6.92 Å². The van der Waals surface area contributed by atoms with Crippen molar-refractivity contribution in [3.8, 4) is 0 Å². The second-order valence-electron chi connectivity index (χ2n) is 7.06. The molecule has 0 radical (unpaired) electrons. The smallest absolute Gasteiger partial charge is 0.320 e. The fourth-order valence-electron chi connectivity index (χ4n) is 3.40. The molecule has 1 saturated heterocycles. The molecule has 0 aliphatic carbocycles. The molecule has 1 aliphatic rings. The first-order valence-corrected chi connectivity index (χ1v) is 10.7. The largest absolute Gasteiger partial charge is 0.322 e. The van der Waals surface area contributed by atoms with E-state index in [2.05, 4.69) is 20.8 Å². The Hall–Kier alpha value is -2.97. The number of aryl methyl sites for hydroxylation is 1. The van der Waals surface area contributed by atoms with E-state index in [1.54, 1.807) is 29.2 Å². The topological polar surface area (TPSA) is 87.2 Å². The molecule has 0 spiro atoms.